The standard InChI is InChI=1S/C15H20/c1-11-6-7-14-9-12-4-2-3-5-13(12)10-15(14)8-11/h1-10H2. The molecule has 0 N–H and O–H groups in total. The fraction of sp³-hybridized carbons (Fsp3) is 0.600. The Balaban J connectivity index is 1.85. The van der Waals surface area contributed by atoms with E-state index in [1.165, 1.54) is 63.4 Å². The molecule has 0 amide bonds. The lowest BCUT2D eigenvalue weighted by molar-refractivity contribution is 0.612. The van der Waals surface area contributed by atoms with E-state index >= 15 is 0 Å². The van der Waals surface area contributed by atoms with Crippen molar-refractivity contribution >= 4 is 0 Å². The molecule has 0 spiro atoms. The molecule has 0 heterocycles. The summed E-state index contributed by atoms with van der Waals surface area (Å²) < 4.78 is 0. The van der Waals surface area contributed by atoms with Crippen LogP contribution in [0.3, 0.4) is 0 Å². The normalized spacial score (nSPS) is 26.5. The van der Waals surface area contributed by atoms with Crippen molar-refractivity contribution in [1.29, 1.82) is 0 Å². The van der Waals surface area contributed by atoms with Gasteiger partial charge >= 0.3 is 0 Å². The molecule has 0 bridgehead atoms. The summed E-state index contributed by atoms with van der Waals surface area (Å²) in [6.07, 6.45) is 12.1. The van der Waals surface area contributed by atoms with Crippen molar-refractivity contribution in [2.45, 2.75) is 57.8 Å². The summed E-state index contributed by atoms with van der Waals surface area (Å²) in [5.74, 6) is 0. The van der Waals surface area contributed by atoms with Crippen LogP contribution in [0.25, 0.3) is 0 Å². The van der Waals surface area contributed by atoms with Gasteiger partial charge in [-0.25, -0.2) is 0 Å². The fourth-order valence-corrected chi connectivity index (χ4v) is 3.39. The summed E-state index contributed by atoms with van der Waals surface area (Å²) in [6, 6.07) is 0. The third-order valence-electron chi connectivity index (χ3n) is 4.30. The van der Waals surface area contributed by atoms with Crippen molar-refractivity contribution in [1.82, 2.24) is 0 Å². The molecule has 0 fully saturated rings. The molecule has 0 heteroatoms. The SMILES string of the molecule is C=C1CCC2=C(C1)CC1=C(CCCC1)C2. The molecule has 0 unspecified atom stereocenters. The molecule has 0 aromatic heterocycles. The number of allylic oxidation sites excluding steroid dienone is 5. The van der Waals surface area contributed by atoms with E-state index in [0.29, 0.717) is 0 Å². The summed E-state index contributed by atoms with van der Waals surface area (Å²) in [5.41, 5.74) is 8.60. The Morgan fingerprint density at radius 1 is 0.600 bits per heavy atom. The lowest BCUT2D eigenvalue weighted by Gasteiger charge is -2.32. The van der Waals surface area contributed by atoms with Crippen LogP contribution in [0.15, 0.2) is 34.4 Å². The molecule has 0 radical (unpaired) electrons. The average molecular weight is 200 g/mol. The fourth-order valence-electron chi connectivity index (χ4n) is 3.39. The van der Waals surface area contributed by atoms with Gasteiger partial charge in [0.15, 0.2) is 0 Å². The molecular weight excluding hydrogens is 180 g/mol. The topological polar surface area (TPSA) is 0 Å². The predicted octanol–water partition coefficient (Wildman–Crippen LogP) is 4.69. The lowest BCUT2D eigenvalue weighted by atomic mass is 9.74. The smallest absolute Gasteiger partial charge is 0.00997 e. The second kappa shape index (κ2) is 3.66. The summed E-state index contributed by atoms with van der Waals surface area (Å²) in [4.78, 5) is 0. The average Bonchev–Trinajstić information content (AvgIpc) is 2.26. The third kappa shape index (κ3) is 1.71. The van der Waals surface area contributed by atoms with Crippen molar-refractivity contribution in [3.63, 3.8) is 0 Å². The molecule has 0 aromatic carbocycles. The minimum atomic E-state index is 1.21. The highest BCUT2D eigenvalue weighted by molar-refractivity contribution is 5.39. The largest absolute Gasteiger partial charge is 0.0995 e. The first kappa shape index (κ1) is 9.45. The first-order chi connectivity index (χ1) is 7.33. The highest BCUT2D eigenvalue weighted by Crippen LogP contribution is 2.44. The summed E-state index contributed by atoms with van der Waals surface area (Å²) in [7, 11) is 0. The molecule has 3 rings (SSSR count). The van der Waals surface area contributed by atoms with Gasteiger partial charge in [0.1, 0.15) is 0 Å². The van der Waals surface area contributed by atoms with Crippen LogP contribution in [0.1, 0.15) is 57.8 Å². The van der Waals surface area contributed by atoms with E-state index in [9.17, 15) is 0 Å². The van der Waals surface area contributed by atoms with Crippen molar-refractivity contribution in [3.8, 4) is 0 Å². The maximum atomic E-state index is 4.16. The first-order valence-electron chi connectivity index (χ1n) is 6.39. The highest BCUT2D eigenvalue weighted by atomic mass is 14.3. The van der Waals surface area contributed by atoms with Crippen molar-refractivity contribution < 1.29 is 0 Å². The highest BCUT2D eigenvalue weighted by Gasteiger charge is 2.24. The van der Waals surface area contributed by atoms with E-state index in [4.69, 9.17) is 0 Å². The predicted molar refractivity (Wildman–Crippen MR) is 64.7 cm³/mol. The molecule has 0 aromatic rings. The zero-order valence-electron chi connectivity index (χ0n) is 9.57. The minimum Gasteiger partial charge on any atom is -0.0995 e. The van der Waals surface area contributed by atoms with E-state index in [1.54, 1.807) is 16.7 Å². The van der Waals surface area contributed by atoms with Crippen LogP contribution in [0.2, 0.25) is 0 Å². The molecule has 0 nitrogen and oxygen atoms in total. The summed E-state index contributed by atoms with van der Waals surface area (Å²) >= 11 is 0. The Morgan fingerprint density at radius 2 is 1.20 bits per heavy atom. The van der Waals surface area contributed by atoms with Gasteiger partial charge in [0.05, 0.1) is 0 Å². The van der Waals surface area contributed by atoms with Crippen LogP contribution in [-0.2, 0) is 0 Å². The molecule has 3 aliphatic carbocycles. The minimum absolute atomic E-state index is 1.21. The lowest BCUT2D eigenvalue weighted by Crippen LogP contribution is -2.12. The second-order valence-corrected chi connectivity index (χ2v) is 5.40. The van der Waals surface area contributed by atoms with E-state index in [0.717, 1.165) is 0 Å². The summed E-state index contributed by atoms with van der Waals surface area (Å²) in [5, 5.41) is 0. The van der Waals surface area contributed by atoms with Crippen LogP contribution < -0.4 is 0 Å². The quantitative estimate of drug-likeness (QED) is 0.498. The van der Waals surface area contributed by atoms with Crippen LogP contribution in [-0.4, -0.2) is 0 Å². The maximum Gasteiger partial charge on any atom is -0.00997 e. The van der Waals surface area contributed by atoms with Gasteiger partial charge in [0, 0.05) is 0 Å². The molecule has 3 aliphatic rings. The number of rotatable bonds is 0. The van der Waals surface area contributed by atoms with Gasteiger partial charge in [-0.15, -0.1) is 0 Å². The van der Waals surface area contributed by atoms with Crippen molar-refractivity contribution in [3.05, 3.63) is 34.4 Å². The van der Waals surface area contributed by atoms with Crippen LogP contribution >= 0.6 is 0 Å². The van der Waals surface area contributed by atoms with Gasteiger partial charge in [0.2, 0.25) is 0 Å². The van der Waals surface area contributed by atoms with E-state index < -0.39 is 0 Å². The van der Waals surface area contributed by atoms with Crippen molar-refractivity contribution in [2.24, 2.45) is 0 Å². The maximum absolute atomic E-state index is 4.16. The first-order valence-corrected chi connectivity index (χ1v) is 6.39. The van der Waals surface area contributed by atoms with E-state index in [-0.39, 0.29) is 0 Å². The van der Waals surface area contributed by atoms with Gasteiger partial charge in [-0.2, -0.15) is 0 Å². The van der Waals surface area contributed by atoms with E-state index in [2.05, 4.69) is 6.58 Å². The Hall–Kier alpha value is -0.780. The molecule has 0 atom stereocenters. The van der Waals surface area contributed by atoms with Gasteiger partial charge in [-0.3, -0.25) is 0 Å². The van der Waals surface area contributed by atoms with Gasteiger partial charge in [-0.1, -0.05) is 34.4 Å². The van der Waals surface area contributed by atoms with Gasteiger partial charge in [-0.05, 0) is 57.8 Å². The molecule has 0 saturated heterocycles. The Kier molecular flexibility index (Phi) is 2.31. The second-order valence-electron chi connectivity index (χ2n) is 5.40. The number of hydrogen-bond acceptors (Lipinski definition) is 0. The Bertz CT molecular complexity index is 365. The zero-order chi connectivity index (χ0) is 10.3. The summed E-state index contributed by atoms with van der Waals surface area (Å²) in [6.45, 7) is 4.16. The van der Waals surface area contributed by atoms with Gasteiger partial charge in [0.25, 0.3) is 0 Å². The zero-order valence-corrected chi connectivity index (χ0v) is 9.57. The molecule has 0 saturated carbocycles. The van der Waals surface area contributed by atoms with Crippen LogP contribution in [0.5, 0.6) is 0 Å². The van der Waals surface area contributed by atoms with Crippen LogP contribution in [0, 0.1) is 0 Å². The molecular formula is C15H20. The van der Waals surface area contributed by atoms with E-state index in [1.807, 2.05) is 5.57 Å². The molecule has 15 heavy (non-hydrogen) atoms. The Morgan fingerprint density at radius 3 is 1.93 bits per heavy atom. The van der Waals surface area contributed by atoms with Gasteiger partial charge < -0.3 is 0 Å². The van der Waals surface area contributed by atoms with Crippen molar-refractivity contribution in [2.75, 3.05) is 0 Å². The molecule has 80 valence electrons. The third-order valence-corrected chi connectivity index (χ3v) is 4.30. The molecule has 0 aliphatic heterocycles. The Labute approximate surface area is 92.8 Å². The van der Waals surface area contributed by atoms with Crippen LogP contribution in [0.4, 0.5) is 0 Å². The monoisotopic (exact) mass is 200 g/mol. The number of hydrogen-bond donors (Lipinski definition) is 0.